The predicted molar refractivity (Wildman–Crippen MR) is 140 cm³/mol. The Morgan fingerprint density at radius 2 is 1.83 bits per heavy atom. The van der Waals surface area contributed by atoms with Crippen LogP contribution in [-0.4, -0.2) is 47.1 Å². The Hall–Kier alpha value is -3.13. The maximum Gasteiger partial charge on any atom is 0.226 e. The number of nitrogens with one attached hydrogen (secondary N) is 1. The first-order valence-corrected chi connectivity index (χ1v) is 12.7. The summed E-state index contributed by atoms with van der Waals surface area (Å²) in [7, 11) is 0. The Bertz CT molecular complexity index is 1350. The lowest BCUT2D eigenvalue weighted by Gasteiger charge is -2.36. The maximum atomic E-state index is 6.34. The molecule has 0 spiro atoms. The second-order valence-electron chi connectivity index (χ2n) is 9.87. The van der Waals surface area contributed by atoms with E-state index in [2.05, 4.69) is 38.1 Å². The van der Waals surface area contributed by atoms with Crippen molar-refractivity contribution in [1.82, 2.24) is 15.0 Å². The van der Waals surface area contributed by atoms with Crippen LogP contribution in [0.3, 0.4) is 0 Å². The van der Waals surface area contributed by atoms with Gasteiger partial charge in [-0.15, -0.1) is 0 Å². The van der Waals surface area contributed by atoms with E-state index in [4.69, 9.17) is 25.8 Å². The number of hydrogen-bond acceptors (Lipinski definition) is 6. The van der Waals surface area contributed by atoms with E-state index >= 15 is 0 Å². The number of hydrogen-bond donors (Lipinski definition) is 1. The molecule has 1 N–H and O–H groups in total. The topological polar surface area (TPSA) is 72.5 Å². The fourth-order valence-electron chi connectivity index (χ4n) is 5.05. The van der Waals surface area contributed by atoms with Crippen molar-refractivity contribution in [3.63, 3.8) is 0 Å². The highest BCUT2D eigenvalue weighted by Crippen LogP contribution is 2.40. The molecule has 1 saturated heterocycles. The number of aromatic nitrogens is 3. The summed E-state index contributed by atoms with van der Waals surface area (Å²) >= 11 is 6.34. The minimum Gasteiger partial charge on any atom is -0.493 e. The van der Waals surface area contributed by atoms with E-state index in [0.29, 0.717) is 25.8 Å². The van der Waals surface area contributed by atoms with Crippen molar-refractivity contribution < 1.29 is 14.2 Å². The van der Waals surface area contributed by atoms with Gasteiger partial charge < -0.3 is 24.1 Å². The second-order valence-corrected chi connectivity index (χ2v) is 10.3. The number of anilines is 1. The molecule has 1 fully saturated rings. The van der Waals surface area contributed by atoms with E-state index in [1.54, 1.807) is 12.4 Å². The van der Waals surface area contributed by atoms with Gasteiger partial charge in [0.2, 0.25) is 5.95 Å². The lowest BCUT2D eigenvalue weighted by molar-refractivity contribution is -0.264. The second kappa shape index (κ2) is 9.39. The zero-order valence-corrected chi connectivity index (χ0v) is 21.2. The fraction of sp³-hybridized carbons (Fsp3) is 0.357. The highest BCUT2D eigenvalue weighted by Gasteiger charge is 2.33. The quantitative estimate of drug-likeness (QED) is 0.384. The van der Waals surface area contributed by atoms with Crippen LogP contribution in [0.1, 0.15) is 36.7 Å². The molecule has 1 unspecified atom stereocenters. The van der Waals surface area contributed by atoms with E-state index in [9.17, 15) is 0 Å². The monoisotopic (exact) mass is 504 g/mol. The van der Waals surface area contributed by atoms with Gasteiger partial charge in [0, 0.05) is 46.5 Å². The largest absolute Gasteiger partial charge is 0.493 e. The smallest absolute Gasteiger partial charge is 0.226 e. The summed E-state index contributed by atoms with van der Waals surface area (Å²) in [5.41, 5.74) is 4.67. The molecule has 2 aromatic heterocycles. The zero-order chi connectivity index (χ0) is 24.7. The molecule has 4 heterocycles. The number of aromatic amines is 1. The molecular weight excluding hydrogens is 476 g/mol. The number of fused-ring (bicyclic) bond motifs is 3. The minimum atomic E-state index is -0.515. The van der Waals surface area contributed by atoms with Crippen molar-refractivity contribution >= 4 is 28.5 Å². The third kappa shape index (κ3) is 4.54. The van der Waals surface area contributed by atoms with E-state index < -0.39 is 5.79 Å². The Morgan fingerprint density at radius 3 is 2.58 bits per heavy atom. The average Bonchev–Trinajstić information content (AvgIpc) is 3.26. The van der Waals surface area contributed by atoms with Crippen molar-refractivity contribution in [2.24, 2.45) is 5.92 Å². The number of ether oxygens (including phenoxy) is 3. The molecule has 0 saturated carbocycles. The summed E-state index contributed by atoms with van der Waals surface area (Å²) in [5.74, 6) is 1.23. The standard InChI is InChI=1S/C28H29ClN4O3/c1-28(2)35-16-18(17-36-28)15-34-21-7-4-19(5-8-21)26-25-22(23-14-20(29)6-9-24(23)32-25)10-13-33(26)27-30-11-3-12-31-27/h3-9,11-12,14,18,26,32H,10,13,15-17H2,1-2H3. The molecule has 0 aliphatic carbocycles. The van der Waals surface area contributed by atoms with Gasteiger partial charge in [0.05, 0.1) is 25.9 Å². The van der Waals surface area contributed by atoms with Gasteiger partial charge in [0.1, 0.15) is 5.75 Å². The van der Waals surface area contributed by atoms with Crippen molar-refractivity contribution in [3.8, 4) is 5.75 Å². The molecule has 4 aromatic rings. The summed E-state index contributed by atoms with van der Waals surface area (Å²) in [6.45, 7) is 6.49. The Labute approximate surface area is 215 Å². The van der Waals surface area contributed by atoms with Crippen molar-refractivity contribution in [2.75, 3.05) is 31.3 Å². The molecule has 36 heavy (non-hydrogen) atoms. The van der Waals surface area contributed by atoms with E-state index in [-0.39, 0.29) is 12.0 Å². The molecule has 8 heteroatoms. The SMILES string of the molecule is CC1(C)OCC(COc2ccc(C3c4[nH]c5ccc(Cl)cc5c4CCN3c3ncccn3)cc2)CO1. The Morgan fingerprint density at radius 1 is 1.08 bits per heavy atom. The molecule has 0 amide bonds. The van der Waals surface area contributed by atoms with Crippen LogP contribution in [0, 0.1) is 5.92 Å². The molecule has 2 aliphatic rings. The van der Waals surface area contributed by atoms with Gasteiger partial charge in [0.25, 0.3) is 0 Å². The highest BCUT2D eigenvalue weighted by molar-refractivity contribution is 6.31. The first kappa shape index (κ1) is 23.3. The predicted octanol–water partition coefficient (Wildman–Crippen LogP) is 5.54. The average molecular weight is 505 g/mol. The summed E-state index contributed by atoms with van der Waals surface area (Å²) < 4.78 is 17.6. The lowest BCUT2D eigenvalue weighted by Crippen LogP contribution is -2.41. The van der Waals surface area contributed by atoms with Crippen molar-refractivity contribution in [3.05, 3.63) is 82.8 Å². The number of nitrogens with zero attached hydrogens (tertiary/aromatic N) is 3. The van der Waals surface area contributed by atoms with Gasteiger partial charge in [-0.3, -0.25) is 0 Å². The van der Waals surface area contributed by atoms with Crippen LogP contribution >= 0.6 is 11.6 Å². The van der Waals surface area contributed by atoms with E-state index in [1.165, 1.54) is 10.9 Å². The molecule has 0 bridgehead atoms. The van der Waals surface area contributed by atoms with Gasteiger partial charge >= 0.3 is 0 Å². The number of H-pyrrole nitrogens is 1. The van der Waals surface area contributed by atoms with Crippen LogP contribution in [0.5, 0.6) is 5.75 Å². The van der Waals surface area contributed by atoms with Gasteiger partial charge in [-0.05, 0) is 67.8 Å². The normalized spacial score (nSPS) is 19.9. The first-order valence-electron chi connectivity index (χ1n) is 12.3. The van der Waals surface area contributed by atoms with E-state index in [1.807, 2.05) is 44.2 Å². The van der Waals surface area contributed by atoms with Gasteiger partial charge in [-0.25, -0.2) is 9.97 Å². The summed E-state index contributed by atoms with van der Waals surface area (Å²) in [4.78, 5) is 15.0. The Kier molecular flexibility index (Phi) is 6.07. The molecule has 0 radical (unpaired) electrons. The molecule has 2 aromatic carbocycles. The third-order valence-corrected chi connectivity index (χ3v) is 7.15. The van der Waals surface area contributed by atoms with Crippen LogP contribution in [0.4, 0.5) is 5.95 Å². The minimum absolute atomic E-state index is 0.0567. The van der Waals surface area contributed by atoms with Crippen LogP contribution in [-0.2, 0) is 15.9 Å². The van der Waals surface area contributed by atoms with Gasteiger partial charge in [-0.1, -0.05) is 23.7 Å². The van der Waals surface area contributed by atoms with Crippen LogP contribution in [0.25, 0.3) is 10.9 Å². The maximum absolute atomic E-state index is 6.34. The summed E-state index contributed by atoms with van der Waals surface area (Å²) in [5, 5.41) is 1.92. The van der Waals surface area contributed by atoms with Gasteiger partial charge in [-0.2, -0.15) is 0 Å². The molecule has 186 valence electrons. The zero-order valence-electron chi connectivity index (χ0n) is 20.4. The van der Waals surface area contributed by atoms with Crippen molar-refractivity contribution in [2.45, 2.75) is 32.1 Å². The number of benzene rings is 2. The van der Waals surface area contributed by atoms with Gasteiger partial charge in [0.15, 0.2) is 5.79 Å². The fourth-order valence-corrected chi connectivity index (χ4v) is 5.22. The summed E-state index contributed by atoms with van der Waals surface area (Å²) in [6.07, 6.45) is 4.46. The molecule has 7 nitrogen and oxygen atoms in total. The van der Waals surface area contributed by atoms with Crippen molar-refractivity contribution in [1.29, 1.82) is 0 Å². The van der Waals surface area contributed by atoms with Crippen LogP contribution in [0.15, 0.2) is 60.9 Å². The molecule has 2 aliphatic heterocycles. The summed E-state index contributed by atoms with van der Waals surface area (Å²) in [6, 6.07) is 16.1. The molecule has 1 atom stereocenters. The number of rotatable bonds is 5. The third-order valence-electron chi connectivity index (χ3n) is 6.91. The molecular formula is C28H29ClN4O3. The number of halogens is 1. The lowest BCUT2D eigenvalue weighted by atomic mass is 9.92. The molecule has 6 rings (SSSR count). The first-order chi connectivity index (χ1) is 17.5. The Balaban J connectivity index is 1.28. The highest BCUT2D eigenvalue weighted by atomic mass is 35.5. The van der Waals surface area contributed by atoms with Crippen LogP contribution < -0.4 is 9.64 Å². The van der Waals surface area contributed by atoms with E-state index in [0.717, 1.165) is 40.5 Å². The van der Waals surface area contributed by atoms with Crippen LogP contribution in [0.2, 0.25) is 5.02 Å².